The van der Waals surface area contributed by atoms with Crippen LogP contribution >= 0.6 is 15.9 Å². The first-order valence-corrected chi connectivity index (χ1v) is 10.7. The van der Waals surface area contributed by atoms with Crippen LogP contribution in [-0.2, 0) is 6.54 Å². The molecule has 0 saturated heterocycles. The third-order valence-electron chi connectivity index (χ3n) is 3.21. The molecule has 0 unspecified atom stereocenters. The highest BCUT2D eigenvalue weighted by atomic mass is 79.9. The molecular formula is C14H20BrN3Si. The molecule has 0 saturated carbocycles. The average molecular weight is 338 g/mol. The van der Waals surface area contributed by atoms with Gasteiger partial charge >= 0.3 is 0 Å². The van der Waals surface area contributed by atoms with E-state index < -0.39 is 8.07 Å². The van der Waals surface area contributed by atoms with Crippen LogP contribution in [0.2, 0.25) is 19.6 Å². The van der Waals surface area contributed by atoms with Gasteiger partial charge in [-0.2, -0.15) is 0 Å². The van der Waals surface area contributed by atoms with Crippen molar-refractivity contribution in [2.75, 3.05) is 0 Å². The van der Waals surface area contributed by atoms with Crippen molar-refractivity contribution in [2.24, 2.45) is 0 Å². The van der Waals surface area contributed by atoms with E-state index in [9.17, 15) is 0 Å². The SMILES string of the molecule is Cc1ccc(Br)c(Cn2nnc([Si](C)(C)C)c2C)c1. The smallest absolute Gasteiger partial charge is 0.106 e. The number of nitrogens with zero attached hydrogens (tertiary/aromatic N) is 3. The number of aromatic nitrogens is 3. The lowest BCUT2D eigenvalue weighted by Gasteiger charge is -2.13. The molecule has 0 bridgehead atoms. The van der Waals surface area contributed by atoms with E-state index in [0.29, 0.717) is 0 Å². The summed E-state index contributed by atoms with van der Waals surface area (Å²) in [4.78, 5) is 0. The fourth-order valence-corrected chi connectivity index (χ4v) is 4.12. The van der Waals surface area contributed by atoms with Crippen molar-refractivity contribution in [3.63, 3.8) is 0 Å². The Balaban J connectivity index is 2.35. The zero-order valence-corrected chi connectivity index (χ0v) is 14.7. The van der Waals surface area contributed by atoms with Gasteiger partial charge in [0.25, 0.3) is 0 Å². The Morgan fingerprint density at radius 1 is 1.21 bits per heavy atom. The van der Waals surface area contributed by atoms with E-state index >= 15 is 0 Å². The van der Waals surface area contributed by atoms with Crippen LogP contribution in [0.4, 0.5) is 0 Å². The maximum Gasteiger partial charge on any atom is 0.106 e. The van der Waals surface area contributed by atoms with Crippen LogP contribution in [0.5, 0.6) is 0 Å². The molecule has 0 radical (unpaired) electrons. The summed E-state index contributed by atoms with van der Waals surface area (Å²) >= 11 is 3.61. The molecular weight excluding hydrogens is 318 g/mol. The molecule has 1 heterocycles. The van der Waals surface area contributed by atoms with Crippen molar-refractivity contribution in [2.45, 2.75) is 40.0 Å². The summed E-state index contributed by atoms with van der Waals surface area (Å²) in [6.45, 7) is 11.9. The van der Waals surface area contributed by atoms with Gasteiger partial charge in [-0.25, -0.2) is 4.68 Å². The van der Waals surface area contributed by atoms with Gasteiger partial charge in [-0.05, 0) is 25.5 Å². The van der Waals surface area contributed by atoms with Crippen LogP contribution in [0.3, 0.4) is 0 Å². The second-order valence-corrected chi connectivity index (χ2v) is 11.9. The maximum atomic E-state index is 4.39. The molecule has 3 nitrogen and oxygen atoms in total. The minimum Gasteiger partial charge on any atom is -0.245 e. The predicted octanol–water partition coefficient (Wildman–Crippen LogP) is 3.25. The lowest BCUT2D eigenvalue weighted by Crippen LogP contribution is -2.40. The summed E-state index contributed by atoms with van der Waals surface area (Å²) in [6.07, 6.45) is 0. The number of aryl methyl sites for hydroxylation is 1. The monoisotopic (exact) mass is 337 g/mol. The maximum absolute atomic E-state index is 4.39. The molecule has 0 spiro atoms. The number of halogens is 1. The first kappa shape index (κ1) is 14.5. The molecule has 0 fully saturated rings. The molecule has 0 amide bonds. The van der Waals surface area contributed by atoms with Crippen LogP contribution in [0, 0.1) is 13.8 Å². The Hall–Kier alpha value is -0.943. The average Bonchev–Trinajstić information content (AvgIpc) is 2.65. The van der Waals surface area contributed by atoms with Gasteiger partial charge < -0.3 is 0 Å². The van der Waals surface area contributed by atoms with Gasteiger partial charge in [-0.15, -0.1) is 5.10 Å². The molecule has 0 aliphatic rings. The Labute approximate surface area is 124 Å². The number of hydrogen-bond acceptors (Lipinski definition) is 2. The van der Waals surface area contributed by atoms with E-state index in [1.807, 2.05) is 4.68 Å². The molecule has 0 N–H and O–H groups in total. The molecule has 2 aromatic rings. The zero-order valence-electron chi connectivity index (χ0n) is 12.2. The molecule has 5 heteroatoms. The number of benzene rings is 1. The van der Waals surface area contributed by atoms with Gasteiger partial charge in [0.1, 0.15) is 8.07 Å². The third-order valence-corrected chi connectivity index (χ3v) is 5.87. The lowest BCUT2D eigenvalue weighted by atomic mass is 10.1. The van der Waals surface area contributed by atoms with E-state index in [1.165, 1.54) is 22.1 Å². The summed E-state index contributed by atoms with van der Waals surface area (Å²) in [5.74, 6) is 0. The van der Waals surface area contributed by atoms with Gasteiger partial charge in [0.05, 0.1) is 17.6 Å². The highest BCUT2D eigenvalue weighted by molar-refractivity contribution is 9.10. The first-order chi connectivity index (χ1) is 8.79. The fourth-order valence-electron chi connectivity index (χ4n) is 2.19. The predicted molar refractivity (Wildman–Crippen MR) is 85.7 cm³/mol. The Morgan fingerprint density at radius 3 is 2.47 bits per heavy atom. The van der Waals surface area contributed by atoms with E-state index in [1.54, 1.807) is 0 Å². The van der Waals surface area contributed by atoms with Gasteiger partial charge in [-0.3, -0.25) is 0 Å². The number of hydrogen-bond donors (Lipinski definition) is 0. The molecule has 2 rings (SSSR count). The van der Waals surface area contributed by atoms with Crippen LogP contribution in [0.25, 0.3) is 0 Å². The van der Waals surface area contributed by atoms with Gasteiger partial charge in [-0.1, -0.05) is 58.5 Å². The minimum atomic E-state index is -1.40. The summed E-state index contributed by atoms with van der Waals surface area (Å²) in [5, 5.41) is 9.93. The van der Waals surface area contributed by atoms with Gasteiger partial charge in [0, 0.05) is 4.47 Å². The van der Waals surface area contributed by atoms with E-state index in [-0.39, 0.29) is 0 Å². The van der Waals surface area contributed by atoms with Crippen LogP contribution in [0.15, 0.2) is 22.7 Å². The first-order valence-electron chi connectivity index (χ1n) is 6.44. The van der Waals surface area contributed by atoms with Crippen LogP contribution in [-0.4, -0.2) is 23.1 Å². The van der Waals surface area contributed by atoms with Crippen LogP contribution < -0.4 is 5.32 Å². The summed E-state index contributed by atoms with van der Waals surface area (Å²) in [5.41, 5.74) is 3.71. The third kappa shape index (κ3) is 3.15. The molecule has 0 atom stereocenters. The summed E-state index contributed by atoms with van der Waals surface area (Å²) < 4.78 is 3.13. The molecule has 19 heavy (non-hydrogen) atoms. The Kier molecular flexibility index (Phi) is 3.97. The molecule has 1 aromatic heterocycles. The molecule has 1 aromatic carbocycles. The van der Waals surface area contributed by atoms with E-state index in [0.717, 1.165) is 11.0 Å². The molecule has 102 valence electrons. The van der Waals surface area contributed by atoms with Crippen LogP contribution in [0.1, 0.15) is 16.8 Å². The normalized spacial score (nSPS) is 11.9. The topological polar surface area (TPSA) is 30.7 Å². The number of rotatable bonds is 3. The van der Waals surface area contributed by atoms with E-state index in [2.05, 4.69) is 77.9 Å². The fraction of sp³-hybridized carbons (Fsp3) is 0.429. The van der Waals surface area contributed by atoms with Crippen molar-refractivity contribution in [3.05, 3.63) is 39.5 Å². The largest absolute Gasteiger partial charge is 0.245 e. The van der Waals surface area contributed by atoms with Gasteiger partial charge in [0.15, 0.2) is 0 Å². The van der Waals surface area contributed by atoms with Crippen molar-refractivity contribution in [1.82, 2.24) is 15.0 Å². The second-order valence-electron chi connectivity index (χ2n) is 6.03. The molecule has 0 aliphatic carbocycles. The summed E-state index contributed by atoms with van der Waals surface area (Å²) in [6, 6.07) is 6.39. The Morgan fingerprint density at radius 2 is 1.89 bits per heavy atom. The van der Waals surface area contributed by atoms with Crippen molar-refractivity contribution >= 4 is 29.3 Å². The zero-order chi connectivity index (χ0) is 14.2. The highest BCUT2D eigenvalue weighted by Crippen LogP contribution is 2.19. The van der Waals surface area contributed by atoms with Crippen molar-refractivity contribution in [3.8, 4) is 0 Å². The Bertz CT molecular complexity index is 599. The second kappa shape index (κ2) is 5.21. The van der Waals surface area contributed by atoms with Gasteiger partial charge in [0.2, 0.25) is 0 Å². The van der Waals surface area contributed by atoms with Crippen molar-refractivity contribution < 1.29 is 0 Å². The molecule has 0 aliphatic heterocycles. The minimum absolute atomic E-state index is 0.769. The summed E-state index contributed by atoms with van der Waals surface area (Å²) in [7, 11) is -1.40. The highest BCUT2D eigenvalue weighted by Gasteiger charge is 2.24. The standard InChI is InChI=1S/C14H20BrN3Si/c1-10-6-7-13(15)12(8-10)9-18-11(2)14(16-17-18)19(3,4)5/h6-8H,9H2,1-5H3. The lowest BCUT2D eigenvalue weighted by molar-refractivity contribution is 0.632. The quantitative estimate of drug-likeness (QED) is 0.805. The van der Waals surface area contributed by atoms with E-state index in [4.69, 9.17) is 0 Å². The van der Waals surface area contributed by atoms with Crippen molar-refractivity contribution in [1.29, 1.82) is 0 Å².